The summed E-state index contributed by atoms with van der Waals surface area (Å²) >= 11 is 0. The van der Waals surface area contributed by atoms with E-state index in [1.807, 2.05) is 42.1 Å². The number of anilines is 1. The Hall–Kier alpha value is -3.48. The molecule has 1 N–H and O–H groups in total. The lowest BCUT2D eigenvalue weighted by atomic mass is 10.1. The molecular formula is C19H18N6O. The van der Waals surface area contributed by atoms with Crippen LogP contribution in [-0.4, -0.2) is 25.0 Å². The molecule has 7 nitrogen and oxygen atoms in total. The number of hydrogen-bond donors (Lipinski definition) is 1. The highest BCUT2D eigenvalue weighted by Crippen LogP contribution is 2.20. The molecule has 0 aliphatic heterocycles. The molecule has 0 aliphatic carbocycles. The highest BCUT2D eigenvalue weighted by molar-refractivity contribution is 5.52. The van der Waals surface area contributed by atoms with Crippen LogP contribution in [0.25, 0.3) is 17.1 Å². The topological polar surface area (TPSA) is 81.7 Å². The Labute approximate surface area is 150 Å². The Kier molecular flexibility index (Phi) is 4.18. The van der Waals surface area contributed by atoms with Crippen LogP contribution in [0.2, 0.25) is 0 Å². The summed E-state index contributed by atoms with van der Waals surface area (Å²) in [5.74, 6) is 0.469. The van der Waals surface area contributed by atoms with Crippen LogP contribution in [-0.2, 0) is 6.54 Å². The van der Waals surface area contributed by atoms with Crippen LogP contribution in [0.1, 0.15) is 16.8 Å². The molecular weight excluding hydrogens is 328 g/mol. The van der Waals surface area contributed by atoms with E-state index < -0.39 is 0 Å². The van der Waals surface area contributed by atoms with Gasteiger partial charge in [0.1, 0.15) is 0 Å². The lowest BCUT2D eigenvalue weighted by Gasteiger charge is -2.09. The monoisotopic (exact) mass is 346 g/mol. The summed E-state index contributed by atoms with van der Waals surface area (Å²) < 4.78 is 7.53. The molecule has 4 aromatic rings. The number of nitrogens with one attached hydrogen (secondary N) is 1. The van der Waals surface area contributed by atoms with E-state index in [0.717, 1.165) is 28.1 Å². The van der Waals surface area contributed by atoms with E-state index in [1.165, 1.54) is 0 Å². The summed E-state index contributed by atoms with van der Waals surface area (Å²) in [7, 11) is 0. The molecule has 1 aromatic carbocycles. The lowest BCUT2D eigenvalue weighted by Crippen LogP contribution is -2.03. The third kappa shape index (κ3) is 3.32. The Morgan fingerprint density at radius 2 is 1.88 bits per heavy atom. The van der Waals surface area contributed by atoms with Crippen molar-refractivity contribution >= 4 is 6.01 Å². The van der Waals surface area contributed by atoms with Crippen molar-refractivity contribution in [1.29, 1.82) is 0 Å². The maximum absolute atomic E-state index is 5.65. The molecule has 0 amide bonds. The number of rotatable bonds is 5. The van der Waals surface area contributed by atoms with Gasteiger partial charge >= 0.3 is 6.01 Å². The molecule has 0 bridgehead atoms. The second-order valence-corrected chi connectivity index (χ2v) is 6.01. The Balaban J connectivity index is 1.46. The number of aryl methyl sites for hydroxylation is 2. The van der Waals surface area contributed by atoms with Crippen molar-refractivity contribution < 1.29 is 4.42 Å². The van der Waals surface area contributed by atoms with Gasteiger partial charge in [0.2, 0.25) is 5.89 Å². The van der Waals surface area contributed by atoms with E-state index in [1.54, 1.807) is 12.4 Å². The minimum absolute atomic E-state index is 0.392. The Morgan fingerprint density at radius 3 is 2.62 bits per heavy atom. The number of pyridine rings is 1. The summed E-state index contributed by atoms with van der Waals surface area (Å²) in [5.41, 5.74) is 5.20. The van der Waals surface area contributed by atoms with Gasteiger partial charge in [0.15, 0.2) is 0 Å². The number of benzene rings is 1. The molecule has 7 heteroatoms. The van der Waals surface area contributed by atoms with Crippen LogP contribution >= 0.6 is 0 Å². The van der Waals surface area contributed by atoms with E-state index in [-0.39, 0.29) is 0 Å². The van der Waals surface area contributed by atoms with E-state index in [4.69, 9.17) is 4.42 Å². The van der Waals surface area contributed by atoms with Gasteiger partial charge in [0.05, 0.1) is 11.4 Å². The smallest absolute Gasteiger partial charge is 0.316 e. The zero-order valence-electron chi connectivity index (χ0n) is 14.5. The van der Waals surface area contributed by atoms with Gasteiger partial charge in [-0.15, -0.1) is 5.10 Å². The molecule has 0 spiro atoms. The molecule has 26 heavy (non-hydrogen) atoms. The average molecular weight is 346 g/mol. The van der Waals surface area contributed by atoms with Crippen molar-refractivity contribution in [2.45, 2.75) is 20.4 Å². The van der Waals surface area contributed by atoms with E-state index in [2.05, 4.69) is 44.7 Å². The maximum Gasteiger partial charge on any atom is 0.316 e. The summed E-state index contributed by atoms with van der Waals surface area (Å²) in [6.07, 6.45) is 5.35. The number of nitrogens with zero attached hydrogens (tertiary/aromatic N) is 5. The summed E-state index contributed by atoms with van der Waals surface area (Å²) in [6.45, 7) is 4.65. The van der Waals surface area contributed by atoms with Crippen LogP contribution in [0.4, 0.5) is 6.01 Å². The molecule has 0 saturated carbocycles. The highest BCUT2D eigenvalue weighted by atomic mass is 16.4. The van der Waals surface area contributed by atoms with Crippen molar-refractivity contribution in [2.24, 2.45) is 0 Å². The molecule has 0 aliphatic rings. The third-order valence-electron chi connectivity index (χ3n) is 4.10. The standard InChI is InChI=1S/C19H18N6O/c1-13-11-17(25-10-7-14(2)24-25)4-3-16(13)12-21-19-23-22-18(26-19)15-5-8-20-9-6-15/h3-11H,12H2,1-2H3,(H,21,23). The van der Waals surface area contributed by atoms with Crippen molar-refractivity contribution in [3.8, 4) is 17.1 Å². The fourth-order valence-electron chi connectivity index (χ4n) is 2.66. The maximum atomic E-state index is 5.65. The molecule has 0 radical (unpaired) electrons. The lowest BCUT2D eigenvalue weighted by molar-refractivity contribution is 0.580. The quantitative estimate of drug-likeness (QED) is 0.595. The predicted molar refractivity (Wildman–Crippen MR) is 97.9 cm³/mol. The molecule has 0 atom stereocenters. The van der Waals surface area contributed by atoms with Gasteiger partial charge in [0.25, 0.3) is 0 Å². The first-order chi connectivity index (χ1) is 12.7. The van der Waals surface area contributed by atoms with E-state index in [9.17, 15) is 0 Å². The van der Waals surface area contributed by atoms with Crippen LogP contribution in [0.5, 0.6) is 0 Å². The van der Waals surface area contributed by atoms with Crippen LogP contribution < -0.4 is 5.32 Å². The Morgan fingerprint density at radius 1 is 1.04 bits per heavy atom. The van der Waals surface area contributed by atoms with Gasteiger partial charge in [-0.3, -0.25) is 4.98 Å². The third-order valence-corrected chi connectivity index (χ3v) is 4.10. The van der Waals surface area contributed by atoms with E-state index >= 15 is 0 Å². The molecule has 0 fully saturated rings. The second kappa shape index (κ2) is 6.79. The van der Waals surface area contributed by atoms with Gasteiger partial charge in [-0.1, -0.05) is 11.2 Å². The molecule has 0 saturated heterocycles. The first-order valence-electron chi connectivity index (χ1n) is 8.29. The molecule has 0 unspecified atom stereocenters. The van der Waals surface area contributed by atoms with Crippen LogP contribution in [0.15, 0.2) is 59.4 Å². The number of aromatic nitrogens is 5. The van der Waals surface area contributed by atoms with Gasteiger partial charge in [-0.05, 0) is 55.3 Å². The van der Waals surface area contributed by atoms with Crippen LogP contribution in [0, 0.1) is 13.8 Å². The Bertz CT molecular complexity index is 1020. The first-order valence-corrected chi connectivity index (χ1v) is 8.29. The normalized spacial score (nSPS) is 10.8. The van der Waals surface area contributed by atoms with Crippen molar-refractivity contribution in [2.75, 3.05) is 5.32 Å². The average Bonchev–Trinajstić information content (AvgIpc) is 3.30. The largest absolute Gasteiger partial charge is 0.403 e. The zero-order chi connectivity index (χ0) is 17.9. The van der Waals surface area contributed by atoms with Crippen molar-refractivity contribution in [3.63, 3.8) is 0 Å². The first kappa shape index (κ1) is 16.0. The summed E-state index contributed by atoms with van der Waals surface area (Å²) in [5, 5.41) is 15.7. The fourth-order valence-corrected chi connectivity index (χ4v) is 2.66. The fraction of sp³-hybridized carbons (Fsp3) is 0.158. The predicted octanol–water partition coefficient (Wildman–Crippen LogP) is 3.55. The van der Waals surface area contributed by atoms with Gasteiger partial charge < -0.3 is 9.73 Å². The minimum Gasteiger partial charge on any atom is -0.403 e. The number of hydrogen-bond acceptors (Lipinski definition) is 6. The zero-order valence-corrected chi connectivity index (χ0v) is 14.5. The molecule has 4 rings (SSSR count). The summed E-state index contributed by atoms with van der Waals surface area (Å²) in [4.78, 5) is 3.98. The van der Waals surface area contributed by atoms with Crippen LogP contribution in [0.3, 0.4) is 0 Å². The molecule has 3 heterocycles. The van der Waals surface area contributed by atoms with Crippen molar-refractivity contribution in [3.05, 3.63) is 71.8 Å². The van der Waals surface area contributed by atoms with E-state index in [0.29, 0.717) is 18.5 Å². The molecule has 3 aromatic heterocycles. The SMILES string of the molecule is Cc1ccn(-c2ccc(CNc3nnc(-c4ccncc4)o3)c(C)c2)n1. The molecule has 130 valence electrons. The van der Waals surface area contributed by atoms with Gasteiger partial charge in [-0.25, -0.2) is 4.68 Å². The van der Waals surface area contributed by atoms with Gasteiger partial charge in [-0.2, -0.15) is 5.10 Å². The van der Waals surface area contributed by atoms with Gasteiger partial charge in [0, 0.05) is 30.7 Å². The van der Waals surface area contributed by atoms with Crippen molar-refractivity contribution in [1.82, 2.24) is 25.0 Å². The summed E-state index contributed by atoms with van der Waals surface area (Å²) in [6, 6.07) is 12.3. The second-order valence-electron chi connectivity index (χ2n) is 6.01. The minimum atomic E-state index is 0.392. The highest BCUT2D eigenvalue weighted by Gasteiger charge is 2.09.